The maximum absolute atomic E-state index is 13.2. The molecule has 2 heterocycles. The standard InChI is InChI=1S/C15H17FN6O2/c16-10-2-1-3-12(6-10)22-5-4-13(21-22)15(24)17-9-14(23)20-11-7-18-19-8-11/h1-6,11,18-19H,7-9H2,(H,17,24)(H,20,23). The highest BCUT2D eigenvalue weighted by Gasteiger charge is 2.17. The minimum absolute atomic E-state index is 0.00147. The molecule has 0 unspecified atom stereocenters. The van der Waals surface area contributed by atoms with Crippen molar-refractivity contribution in [3.63, 3.8) is 0 Å². The average Bonchev–Trinajstić information content (AvgIpc) is 3.24. The largest absolute Gasteiger partial charge is 0.349 e. The summed E-state index contributed by atoms with van der Waals surface area (Å²) in [7, 11) is 0. The number of carbonyl (C=O) groups excluding carboxylic acids is 2. The molecule has 1 aliphatic rings. The molecule has 1 aliphatic heterocycles. The van der Waals surface area contributed by atoms with Gasteiger partial charge < -0.3 is 10.6 Å². The first kappa shape index (κ1) is 16.1. The summed E-state index contributed by atoms with van der Waals surface area (Å²) in [6.45, 7) is 1.14. The molecule has 1 saturated heterocycles. The highest BCUT2D eigenvalue weighted by molar-refractivity contribution is 5.94. The second-order valence-electron chi connectivity index (χ2n) is 5.33. The molecule has 1 aromatic carbocycles. The first-order valence-corrected chi connectivity index (χ1v) is 7.47. The Labute approximate surface area is 137 Å². The smallest absolute Gasteiger partial charge is 0.272 e. The molecule has 0 radical (unpaired) electrons. The van der Waals surface area contributed by atoms with E-state index in [0.29, 0.717) is 18.8 Å². The number of hydrazine groups is 1. The van der Waals surface area contributed by atoms with E-state index in [1.54, 1.807) is 18.3 Å². The Morgan fingerprint density at radius 2 is 2.08 bits per heavy atom. The fraction of sp³-hybridized carbons (Fsp3) is 0.267. The van der Waals surface area contributed by atoms with Crippen LogP contribution in [-0.2, 0) is 4.79 Å². The number of carbonyl (C=O) groups is 2. The number of halogens is 1. The number of amides is 2. The molecule has 4 N–H and O–H groups in total. The van der Waals surface area contributed by atoms with Crippen LogP contribution in [0.15, 0.2) is 36.5 Å². The maximum Gasteiger partial charge on any atom is 0.272 e. The SMILES string of the molecule is O=C(CNC(=O)c1ccn(-c2cccc(F)c2)n1)NC1CNNC1. The van der Waals surface area contributed by atoms with Crippen LogP contribution in [0.25, 0.3) is 5.69 Å². The Kier molecular flexibility index (Phi) is 4.82. The van der Waals surface area contributed by atoms with Crippen molar-refractivity contribution in [1.29, 1.82) is 0 Å². The lowest BCUT2D eigenvalue weighted by Crippen LogP contribution is -2.44. The summed E-state index contributed by atoms with van der Waals surface area (Å²) in [5.41, 5.74) is 6.46. The van der Waals surface area contributed by atoms with Crippen LogP contribution in [0, 0.1) is 5.82 Å². The molecule has 1 aromatic heterocycles. The highest BCUT2D eigenvalue weighted by Crippen LogP contribution is 2.09. The van der Waals surface area contributed by atoms with Gasteiger partial charge in [0.2, 0.25) is 5.91 Å². The van der Waals surface area contributed by atoms with Gasteiger partial charge in [0, 0.05) is 19.3 Å². The molecular formula is C15H17FN6O2. The lowest BCUT2D eigenvalue weighted by atomic mass is 10.3. The van der Waals surface area contributed by atoms with Crippen LogP contribution in [0.3, 0.4) is 0 Å². The number of benzene rings is 1. The number of nitrogens with zero attached hydrogens (tertiary/aromatic N) is 2. The lowest BCUT2D eigenvalue weighted by Gasteiger charge is -2.10. The number of aromatic nitrogens is 2. The zero-order chi connectivity index (χ0) is 16.9. The van der Waals surface area contributed by atoms with Crippen LogP contribution < -0.4 is 21.5 Å². The molecule has 2 amide bonds. The quantitative estimate of drug-likeness (QED) is 0.582. The van der Waals surface area contributed by atoms with Crippen molar-refractivity contribution in [2.24, 2.45) is 0 Å². The van der Waals surface area contributed by atoms with Crippen LogP contribution >= 0.6 is 0 Å². The summed E-state index contributed by atoms with van der Waals surface area (Å²) < 4.78 is 14.6. The molecule has 3 rings (SSSR count). The van der Waals surface area contributed by atoms with E-state index < -0.39 is 5.91 Å². The monoisotopic (exact) mass is 332 g/mol. The van der Waals surface area contributed by atoms with E-state index in [2.05, 4.69) is 26.6 Å². The van der Waals surface area contributed by atoms with Gasteiger partial charge in [-0.1, -0.05) is 6.07 Å². The molecular weight excluding hydrogens is 315 g/mol. The summed E-state index contributed by atoms with van der Waals surface area (Å²) >= 11 is 0. The molecule has 2 aromatic rings. The minimum atomic E-state index is -0.469. The van der Waals surface area contributed by atoms with Crippen LogP contribution in [0.2, 0.25) is 0 Å². The van der Waals surface area contributed by atoms with E-state index in [1.165, 1.54) is 22.9 Å². The number of hydrogen-bond donors (Lipinski definition) is 4. The summed E-state index contributed by atoms with van der Waals surface area (Å²) in [6, 6.07) is 7.38. The predicted octanol–water partition coefficient (Wildman–Crippen LogP) is -0.666. The minimum Gasteiger partial charge on any atom is -0.349 e. The fourth-order valence-corrected chi connectivity index (χ4v) is 2.30. The molecule has 0 bridgehead atoms. The third-order valence-corrected chi connectivity index (χ3v) is 3.49. The van der Waals surface area contributed by atoms with Crippen LogP contribution in [-0.4, -0.2) is 47.3 Å². The van der Waals surface area contributed by atoms with Crippen molar-refractivity contribution < 1.29 is 14.0 Å². The number of rotatable bonds is 5. The third kappa shape index (κ3) is 3.94. The fourth-order valence-electron chi connectivity index (χ4n) is 2.30. The van der Waals surface area contributed by atoms with Gasteiger partial charge in [0.15, 0.2) is 5.69 Å². The Hall–Kier alpha value is -2.78. The van der Waals surface area contributed by atoms with E-state index in [4.69, 9.17) is 0 Å². The van der Waals surface area contributed by atoms with Crippen molar-refractivity contribution in [2.45, 2.75) is 6.04 Å². The summed E-state index contributed by atoms with van der Waals surface area (Å²) in [4.78, 5) is 23.8. The van der Waals surface area contributed by atoms with Gasteiger partial charge in [0.25, 0.3) is 5.91 Å². The van der Waals surface area contributed by atoms with Gasteiger partial charge in [0.1, 0.15) is 5.82 Å². The number of hydrogen-bond acceptors (Lipinski definition) is 5. The first-order valence-electron chi connectivity index (χ1n) is 7.47. The molecule has 126 valence electrons. The third-order valence-electron chi connectivity index (χ3n) is 3.49. The van der Waals surface area contributed by atoms with E-state index in [-0.39, 0.29) is 30.0 Å². The molecule has 9 heteroatoms. The predicted molar refractivity (Wildman–Crippen MR) is 83.8 cm³/mol. The van der Waals surface area contributed by atoms with E-state index >= 15 is 0 Å². The summed E-state index contributed by atoms with van der Waals surface area (Å²) in [5.74, 6) is -1.13. The summed E-state index contributed by atoms with van der Waals surface area (Å²) in [6.07, 6.45) is 1.56. The van der Waals surface area contributed by atoms with Gasteiger partial charge in [-0.05, 0) is 24.3 Å². The maximum atomic E-state index is 13.2. The molecule has 0 spiro atoms. The number of nitrogens with one attached hydrogen (secondary N) is 4. The van der Waals surface area contributed by atoms with Gasteiger partial charge in [-0.25, -0.2) is 9.07 Å². The van der Waals surface area contributed by atoms with Crippen molar-refractivity contribution in [3.05, 3.63) is 48.0 Å². The van der Waals surface area contributed by atoms with Gasteiger partial charge in [0.05, 0.1) is 18.3 Å². The van der Waals surface area contributed by atoms with Crippen LogP contribution in [0.5, 0.6) is 0 Å². The van der Waals surface area contributed by atoms with E-state index in [1.807, 2.05) is 0 Å². The Morgan fingerprint density at radius 1 is 1.29 bits per heavy atom. The molecule has 0 aliphatic carbocycles. The Morgan fingerprint density at radius 3 is 2.83 bits per heavy atom. The lowest BCUT2D eigenvalue weighted by molar-refractivity contribution is -0.120. The molecule has 8 nitrogen and oxygen atoms in total. The average molecular weight is 332 g/mol. The van der Waals surface area contributed by atoms with Crippen molar-refractivity contribution in [1.82, 2.24) is 31.3 Å². The summed E-state index contributed by atoms with van der Waals surface area (Å²) in [5, 5.41) is 9.37. The Bertz CT molecular complexity index is 741. The second kappa shape index (κ2) is 7.20. The van der Waals surface area contributed by atoms with Crippen molar-refractivity contribution in [2.75, 3.05) is 19.6 Å². The van der Waals surface area contributed by atoms with Crippen molar-refractivity contribution >= 4 is 11.8 Å². The molecule has 1 fully saturated rings. The van der Waals surface area contributed by atoms with Gasteiger partial charge >= 0.3 is 0 Å². The van der Waals surface area contributed by atoms with Crippen LogP contribution in [0.1, 0.15) is 10.5 Å². The van der Waals surface area contributed by atoms with E-state index in [9.17, 15) is 14.0 Å². The van der Waals surface area contributed by atoms with E-state index in [0.717, 1.165) is 0 Å². The molecule has 0 saturated carbocycles. The molecule has 24 heavy (non-hydrogen) atoms. The second-order valence-corrected chi connectivity index (χ2v) is 5.33. The van der Waals surface area contributed by atoms with Crippen molar-refractivity contribution in [3.8, 4) is 5.69 Å². The normalized spacial score (nSPS) is 14.5. The highest BCUT2D eigenvalue weighted by atomic mass is 19.1. The van der Waals surface area contributed by atoms with Gasteiger partial charge in [-0.2, -0.15) is 5.10 Å². The van der Waals surface area contributed by atoms with Crippen LogP contribution in [0.4, 0.5) is 4.39 Å². The zero-order valence-electron chi connectivity index (χ0n) is 12.8. The first-order chi connectivity index (χ1) is 11.6. The van der Waals surface area contributed by atoms with Gasteiger partial charge in [-0.3, -0.25) is 20.4 Å². The topological polar surface area (TPSA) is 100 Å². The Balaban J connectivity index is 1.54. The molecule has 0 atom stereocenters. The van der Waals surface area contributed by atoms with Gasteiger partial charge in [-0.15, -0.1) is 0 Å². The zero-order valence-corrected chi connectivity index (χ0v) is 12.8.